The van der Waals surface area contributed by atoms with Crippen LogP contribution < -0.4 is 16.4 Å². The Bertz CT molecular complexity index is 406. The molecule has 0 aromatic carbocycles. The Labute approximate surface area is 99.6 Å². The molecule has 0 saturated carbocycles. The first-order chi connectivity index (χ1) is 8.17. The van der Waals surface area contributed by atoms with Crippen molar-refractivity contribution in [2.45, 2.75) is 13.5 Å². The second-order valence-corrected chi connectivity index (χ2v) is 3.38. The Balaban J connectivity index is 2.54. The summed E-state index contributed by atoms with van der Waals surface area (Å²) in [5.74, 6) is -0.526. The standard InChI is InChI=1S/C11H16N4O2/c1-2-13-10(16)7-15-11(17)8-3-4-14-9(5-8)6-12/h3-5H,2,6-7,12H2,1H3,(H,13,16)(H,15,17). The highest BCUT2D eigenvalue weighted by atomic mass is 16.2. The average Bonchev–Trinajstić information content (AvgIpc) is 2.36. The van der Waals surface area contributed by atoms with E-state index in [1.54, 1.807) is 12.1 Å². The third-order valence-electron chi connectivity index (χ3n) is 2.07. The fourth-order valence-electron chi connectivity index (χ4n) is 1.25. The smallest absolute Gasteiger partial charge is 0.251 e. The number of hydrogen-bond donors (Lipinski definition) is 3. The predicted molar refractivity (Wildman–Crippen MR) is 63.1 cm³/mol. The van der Waals surface area contributed by atoms with E-state index in [0.717, 1.165) is 0 Å². The van der Waals surface area contributed by atoms with E-state index in [-0.39, 0.29) is 24.9 Å². The van der Waals surface area contributed by atoms with Crippen molar-refractivity contribution in [1.82, 2.24) is 15.6 Å². The minimum Gasteiger partial charge on any atom is -0.355 e. The lowest BCUT2D eigenvalue weighted by Crippen LogP contribution is -2.36. The zero-order chi connectivity index (χ0) is 12.7. The lowest BCUT2D eigenvalue weighted by molar-refractivity contribution is -0.120. The van der Waals surface area contributed by atoms with Crippen molar-refractivity contribution in [3.63, 3.8) is 0 Å². The van der Waals surface area contributed by atoms with Gasteiger partial charge in [0.15, 0.2) is 0 Å². The topological polar surface area (TPSA) is 97.1 Å². The van der Waals surface area contributed by atoms with Crippen LogP contribution in [0.2, 0.25) is 0 Å². The van der Waals surface area contributed by atoms with Crippen LogP contribution in [0.25, 0.3) is 0 Å². The van der Waals surface area contributed by atoms with Gasteiger partial charge in [-0.3, -0.25) is 14.6 Å². The molecule has 0 unspecified atom stereocenters. The van der Waals surface area contributed by atoms with Crippen molar-refractivity contribution < 1.29 is 9.59 Å². The number of amides is 2. The Morgan fingerprint density at radius 2 is 2.18 bits per heavy atom. The summed E-state index contributed by atoms with van der Waals surface area (Å²) in [6.45, 7) is 2.60. The molecule has 0 aliphatic carbocycles. The van der Waals surface area contributed by atoms with Crippen LogP contribution >= 0.6 is 0 Å². The Hall–Kier alpha value is -1.95. The monoisotopic (exact) mass is 236 g/mol. The highest BCUT2D eigenvalue weighted by Crippen LogP contribution is 2.00. The number of carbonyl (C=O) groups excluding carboxylic acids is 2. The van der Waals surface area contributed by atoms with Crippen LogP contribution in [0.5, 0.6) is 0 Å². The van der Waals surface area contributed by atoms with Crippen LogP contribution in [-0.2, 0) is 11.3 Å². The van der Waals surface area contributed by atoms with E-state index in [4.69, 9.17) is 5.73 Å². The van der Waals surface area contributed by atoms with Crippen molar-refractivity contribution in [3.8, 4) is 0 Å². The highest BCUT2D eigenvalue weighted by molar-refractivity contribution is 5.96. The second kappa shape index (κ2) is 6.59. The molecule has 1 heterocycles. The van der Waals surface area contributed by atoms with Gasteiger partial charge in [-0.1, -0.05) is 0 Å². The molecular weight excluding hydrogens is 220 g/mol. The SMILES string of the molecule is CCNC(=O)CNC(=O)c1ccnc(CN)c1. The van der Waals surface area contributed by atoms with Gasteiger partial charge < -0.3 is 16.4 Å². The molecule has 0 atom stereocenters. The van der Waals surface area contributed by atoms with Crippen LogP contribution in [0.15, 0.2) is 18.3 Å². The molecule has 6 nitrogen and oxygen atoms in total. The molecular formula is C11H16N4O2. The number of carbonyl (C=O) groups is 2. The normalized spacial score (nSPS) is 9.76. The molecule has 1 rings (SSSR count). The van der Waals surface area contributed by atoms with E-state index < -0.39 is 0 Å². The fourth-order valence-corrected chi connectivity index (χ4v) is 1.25. The van der Waals surface area contributed by atoms with Crippen LogP contribution in [0.4, 0.5) is 0 Å². The van der Waals surface area contributed by atoms with E-state index in [2.05, 4.69) is 15.6 Å². The minimum atomic E-state index is -0.312. The lowest BCUT2D eigenvalue weighted by Gasteiger charge is -2.06. The molecule has 1 aromatic rings. The largest absolute Gasteiger partial charge is 0.355 e. The van der Waals surface area contributed by atoms with E-state index in [1.807, 2.05) is 6.92 Å². The number of hydrogen-bond acceptors (Lipinski definition) is 4. The predicted octanol–water partition coefficient (Wildman–Crippen LogP) is -0.594. The third kappa shape index (κ3) is 4.20. The number of nitrogens with one attached hydrogen (secondary N) is 2. The number of rotatable bonds is 5. The van der Waals surface area contributed by atoms with Gasteiger partial charge in [0.05, 0.1) is 12.2 Å². The Kier molecular flexibility index (Phi) is 5.09. The summed E-state index contributed by atoms with van der Waals surface area (Å²) in [6, 6.07) is 3.18. The third-order valence-corrected chi connectivity index (χ3v) is 2.07. The van der Waals surface area contributed by atoms with Gasteiger partial charge in [0, 0.05) is 24.8 Å². The van der Waals surface area contributed by atoms with Crippen LogP contribution in [0.3, 0.4) is 0 Å². The molecule has 0 saturated heterocycles. The van der Waals surface area contributed by atoms with Gasteiger partial charge in [-0.2, -0.15) is 0 Å². The maximum atomic E-state index is 11.7. The van der Waals surface area contributed by atoms with Crippen LogP contribution in [0.1, 0.15) is 23.0 Å². The van der Waals surface area contributed by atoms with Crippen LogP contribution in [-0.4, -0.2) is 29.9 Å². The maximum Gasteiger partial charge on any atom is 0.251 e. The molecule has 0 bridgehead atoms. The number of pyridine rings is 1. The lowest BCUT2D eigenvalue weighted by atomic mass is 10.2. The second-order valence-electron chi connectivity index (χ2n) is 3.38. The summed E-state index contributed by atoms with van der Waals surface area (Å²) in [7, 11) is 0. The number of likely N-dealkylation sites (N-methyl/N-ethyl adjacent to an activating group) is 1. The molecule has 0 fully saturated rings. The maximum absolute atomic E-state index is 11.7. The summed E-state index contributed by atoms with van der Waals surface area (Å²) in [5.41, 5.74) is 6.51. The Morgan fingerprint density at radius 1 is 1.41 bits per heavy atom. The summed E-state index contributed by atoms with van der Waals surface area (Å²) < 4.78 is 0. The highest BCUT2D eigenvalue weighted by Gasteiger charge is 2.07. The molecule has 4 N–H and O–H groups in total. The summed E-state index contributed by atoms with van der Waals surface area (Å²) in [4.78, 5) is 26.8. The van der Waals surface area contributed by atoms with Gasteiger partial charge in [0.1, 0.15) is 0 Å². The van der Waals surface area contributed by atoms with Crippen molar-refractivity contribution in [1.29, 1.82) is 0 Å². The number of nitrogens with zero attached hydrogens (tertiary/aromatic N) is 1. The van der Waals surface area contributed by atoms with E-state index in [1.165, 1.54) is 6.20 Å². The van der Waals surface area contributed by atoms with Crippen molar-refractivity contribution in [3.05, 3.63) is 29.6 Å². The number of nitrogens with two attached hydrogens (primary N) is 1. The molecule has 0 aliphatic rings. The summed E-state index contributed by atoms with van der Waals surface area (Å²) >= 11 is 0. The molecule has 6 heteroatoms. The summed E-state index contributed by atoms with van der Waals surface area (Å²) in [5, 5.41) is 5.10. The fraction of sp³-hybridized carbons (Fsp3) is 0.364. The van der Waals surface area contributed by atoms with Crippen LogP contribution in [0, 0.1) is 0 Å². The molecule has 0 spiro atoms. The van der Waals surface area contributed by atoms with Gasteiger partial charge in [-0.05, 0) is 19.1 Å². The first-order valence-corrected chi connectivity index (χ1v) is 5.37. The van der Waals surface area contributed by atoms with Gasteiger partial charge in [0.2, 0.25) is 5.91 Å². The Morgan fingerprint density at radius 3 is 2.82 bits per heavy atom. The first-order valence-electron chi connectivity index (χ1n) is 5.37. The van der Waals surface area contributed by atoms with Crippen molar-refractivity contribution in [2.75, 3.05) is 13.1 Å². The van der Waals surface area contributed by atoms with Crippen molar-refractivity contribution in [2.24, 2.45) is 5.73 Å². The minimum absolute atomic E-state index is 0.0348. The molecule has 17 heavy (non-hydrogen) atoms. The molecule has 1 aromatic heterocycles. The van der Waals surface area contributed by atoms with Gasteiger partial charge in [-0.25, -0.2) is 0 Å². The quantitative estimate of drug-likeness (QED) is 0.636. The molecule has 92 valence electrons. The summed E-state index contributed by atoms with van der Waals surface area (Å²) in [6.07, 6.45) is 1.52. The van der Waals surface area contributed by atoms with Gasteiger partial charge in [0.25, 0.3) is 5.91 Å². The zero-order valence-corrected chi connectivity index (χ0v) is 9.69. The van der Waals surface area contributed by atoms with E-state index >= 15 is 0 Å². The van der Waals surface area contributed by atoms with E-state index in [9.17, 15) is 9.59 Å². The van der Waals surface area contributed by atoms with Crippen molar-refractivity contribution >= 4 is 11.8 Å². The number of aromatic nitrogens is 1. The molecule has 0 aliphatic heterocycles. The first kappa shape index (κ1) is 13.1. The average molecular weight is 236 g/mol. The van der Waals surface area contributed by atoms with Gasteiger partial charge >= 0.3 is 0 Å². The zero-order valence-electron chi connectivity index (χ0n) is 9.69. The molecule has 0 radical (unpaired) electrons. The van der Waals surface area contributed by atoms with Gasteiger partial charge in [-0.15, -0.1) is 0 Å². The molecule has 2 amide bonds. The van der Waals surface area contributed by atoms with E-state index in [0.29, 0.717) is 17.8 Å².